The Morgan fingerprint density at radius 3 is 3.12 bits per heavy atom. The van der Waals surface area contributed by atoms with Gasteiger partial charge in [-0.15, -0.1) is 0 Å². The van der Waals surface area contributed by atoms with Crippen molar-refractivity contribution in [3.05, 3.63) is 40.3 Å². The van der Waals surface area contributed by atoms with Crippen LogP contribution in [0.25, 0.3) is 0 Å². The number of hydrogen-bond donors (Lipinski definition) is 2. The van der Waals surface area contributed by atoms with Crippen LogP contribution in [0.5, 0.6) is 0 Å². The first-order chi connectivity index (χ1) is 8.22. The number of nitrogens with one attached hydrogen (secondary N) is 2. The smallest absolute Gasteiger partial charge is 0.276 e. The Morgan fingerprint density at radius 1 is 1.59 bits per heavy atom. The summed E-state index contributed by atoms with van der Waals surface area (Å²) in [4.78, 5) is 15.8. The molecule has 7 heteroatoms. The Morgan fingerprint density at radius 2 is 2.41 bits per heavy atom. The number of pyridine rings is 1. The van der Waals surface area contributed by atoms with Crippen LogP contribution in [0.15, 0.2) is 29.0 Å². The van der Waals surface area contributed by atoms with Crippen LogP contribution in [-0.2, 0) is 0 Å². The zero-order chi connectivity index (χ0) is 12.3. The van der Waals surface area contributed by atoms with Gasteiger partial charge in [-0.1, -0.05) is 0 Å². The van der Waals surface area contributed by atoms with Gasteiger partial charge >= 0.3 is 0 Å². The van der Waals surface area contributed by atoms with Crippen molar-refractivity contribution in [3.8, 4) is 6.07 Å². The number of carbonyl (C=O) groups excluding carboxylic acids is 1. The number of halogens is 1. The quantitative estimate of drug-likeness (QED) is 0.880. The molecular weight excluding hydrogens is 286 g/mol. The van der Waals surface area contributed by atoms with E-state index in [2.05, 4.69) is 36.4 Å². The third-order valence-electron chi connectivity index (χ3n) is 1.97. The van der Waals surface area contributed by atoms with Crippen LogP contribution in [0.4, 0.5) is 5.82 Å². The van der Waals surface area contributed by atoms with E-state index in [1.807, 2.05) is 6.07 Å². The first-order valence-corrected chi connectivity index (χ1v) is 5.37. The Balaban J connectivity index is 2.24. The lowest BCUT2D eigenvalue weighted by atomic mass is 10.3. The van der Waals surface area contributed by atoms with Gasteiger partial charge < -0.3 is 5.32 Å². The molecule has 2 heterocycles. The van der Waals surface area contributed by atoms with Gasteiger partial charge in [0.1, 0.15) is 23.1 Å². The number of carbonyl (C=O) groups is 1. The van der Waals surface area contributed by atoms with E-state index in [9.17, 15) is 4.79 Å². The van der Waals surface area contributed by atoms with Crippen molar-refractivity contribution in [1.29, 1.82) is 5.26 Å². The van der Waals surface area contributed by atoms with E-state index in [1.54, 1.807) is 12.1 Å². The van der Waals surface area contributed by atoms with Crippen molar-refractivity contribution in [3.63, 3.8) is 0 Å². The highest BCUT2D eigenvalue weighted by molar-refractivity contribution is 9.10. The van der Waals surface area contributed by atoms with E-state index in [4.69, 9.17) is 5.26 Å². The van der Waals surface area contributed by atoms with E-state index in [1.165, 1.54) is 12.4 Å². The molecule has 0 aliphatic carbocycles. The van der Waals surface area contributed by atoms with Crippen LogP contribution in [0, 0.1) is 11.3 Å². The number of nitriles is 1. The SMILES string of the molecule is N#Cc1cn[nH]c1NC(=O)c1ncccc1Br. The van der Waals surface area contributed by atoms with Crippen LogP contribution in [0.2, 0.25) is 0 Å². The molecule has 6 nitrogen and oxygen atoms in total. The van der Waals surface area contributed by atoms with Gasteiger partial charge in [0.15, 0.2) is 0 Å². The zero-order valence-electron chi connectivity index (χ0n) is 8.44. The van der Waals surface area contributed by atoms with E-state index in [0.29, 0.717) is 4.47 Å². The molecule has 2 N–H and O–H groups in total. The van der Waals surface area contributed by atoms with Crippen LogP contribution in [-0.4, -0.2) is 21.1 Å². The topological polar surface area (TPSA) is 94.5 Å². The minimum absolute atomic E-state index is 0.242. The Bertz CT molecular complexity index is 601. The van der Waals surface area contributed by atoms with Crippen LogP contribution < -0.4 is 5.32 Å². The summed E-state index contributed by atoms with van der Waals surface area (Å²) in [6, 6.07) is 5.32. The van der Waals surface area contributed by atoms with Crippen LogP contribution in [0.3, 0.4) is 0 Å². The maximum atomic E-state index is 11.8. The molecule has 0 spiro atoms. The van der Waals surface area contributed by atoms with Gasteiger partial charge in [0.25, 0.3) is 5.91 Å². The molecule has 84 valence electrons. The molecule has 0 saturated carbocycles. The first-order valence-electron chi connectivity index (χ1n) is 4.57. The predicted molar refractivity (Wildman–Crippen MR) is 63.2 cm³/mol. The van der Waals surface area contributed by atoms with Crippen molar-refractivity contribution in [2.24, 2.45) is 0 Å². The predicted octanol–water partition coefficient (Wildman–Crippen LogP) is 1.69. The Hall–Kier alpha value is -2.20. The molecule has 1 amide bonds. The monoisotopic (exact) mass is 291 g/mol. The molecule has 0 bridgehead atoms. The van der Waals surface area contributed by atoms with Crippen molar-refractivity contribution in [1.82, 2.24) is 15.2 Å². The van der Waals surface area contributed by atoms with Gasteiger partial charge in [0.05, 0.1) is 6.20 Å². The summed E-state index contributed by atoms with van der Waals surface area (Å²) in [5, 5.41) is 17.5. The van der Waals surface area contributed by atoms with Crippen molar-refractivity contribution in [2.75, 3.05) is 5.32 Å². The highest BCUT2D eigenvalue weighted by atomic mass is 79.9. The zero-order valence-corrected chi connectivity index (χ0v) is 10.0. The summed E-state index contributed by atoms with van der Waals surface area (Å²) in [7, 11) is 0. The minimum Gasteiger partial charge on any atom is -0.304 e. The lowest BCUT2D eigenvalue weighted by molar-refractivity contribution is 0.102. The highest BCUT2D eigenvalue weighted by Crippen LogP contribution is 2.16. The largest absolute Gasteiger partial charge is 0.304 e. The van der Waals surface area contributed by atoms with Gasteiger partial charge in [0.2, 0.25) is 0 Å². The van der Waals surface area contributed by atoms with Gasteiger partial charge in [-0.05, 0) is 28.1 Å². The molecular formula is C10H6BrN5O. The van der Waals surface area contributed by atoms with Crippen LogP contribution >= 0.6 is 15.9 Å². The summed E-state index contributed by atoms with van der Waals surface area (Å²) in [6.45, 7) is 0. The van der Waals surface area contributed by atoms with Gasteiger partial charge in [0, 0.05) is 10.7 Å². The van der Waals surface area contributed by atoms with Crippen LogP contribution in [0.1, 0.15) is 16.1 Å². The second-order valence-electron chi connectivity index (χ2n) is 3.06. The molecule has 0 unspecified atom stereocenters. The standard InChI is InChI=1S/C10H6BrN5O/c11-7-2-1-3-13-8(7)10(17)15-9-6(4-12)5-14-16-9/h1-3,5H,(H2,14,15,16,17). The summed E-state index contributed by atoms with van der Waals surface area (Å²) >= 11 is 3.22. The average Bonchev–Trinajstić information content (AvgIpc) is 2.76. The third kappa shape index (κ3) is 2.32. The van der Waals surface area contributed by atoms with Gasteiger partial charge in [-0.3, -0.25) is 9.89 Å². The normalized spacial score (nSPS) is 9.65. The fourth-order valence-electron chi connectivity index (χ4n) is 1.19. The summed E-state index contributed by atoms with van der Waals surface area (Å²) in [5.41, 5.74) is 0.511. The number of nitrogens with zero attached hydrogens (tertiary/aromatic N) is 3. The molecule has 0 atom stereocenters. The molecule has 2 rings (SSSR count). The molecule has 0 fully saturated rings. The summed E-state index contributed by atoms with van der Waals surface area (Å²) in [6.07, 6.45) is 2.85. The van der Waals surface area contributed by atoms with E-state index < -0.39 is 5.91 Å². The highest BCUT2D eigenvalue weighted by Gasteiger charge is 2.14. The van der Waals surface area contributed by atoms with Gasteiger partial charge in [-0.2, -0.15) is 10.4 Å². The maximum Gasteiger partial charge on any atom is 0.276 e. The number of amides is 1. The molecule has 2 aromatic rings. The molecule has 17 heavy (non-hydrogen) atoms. The number of aromatic nitrogens is 3. The molecule has 2 aromatic heterocycles. The Labute approximate surface area is 105 Å². The fourth-order valence-corrected chi connectivity index (χ4v) is 1.63. The average molecular weight is 292 g/mol. The Kier molecular flexibility index (Phi) is 3.16. The first kappa shape index (κ1) is 11.3. The van der Waals surface area contributed by atoms with Crippen molar-refractivity contribution < 1.29 is 4.79 Å². The second kappa shape index (κ2) is 4.76. The maximum absolute atomic E-state index is 11.8. The van der Waals surface area contributed by atoms with E-state index in [-0.39, 0.29) is 17.1 Å². The summed E-state index contributed by atoms with van der Waals surface area (Å²) in [5.74, 6) is -0.159. The molecule has 0 radical (unpaired) electrons. The second-order valence-corrected chi connectivity index (χ2v) is 3.91. The van der Waals surface area contributed by atoms with Gasteiger partial charge in [-0.25, -0.2) is 4.98 Å². The van der Waals surface area contributed by atoms with Crippen molar-refractivity contribution >= 4 is 27.7 Å². The molecule has 0 aliphatic rings. The van der Waals surface area contributed by atoms with E-state index >= 15 is 0 Å². The number of anilines is 1. The number of rotatable bonds is 2. The van der Waals surface area contributed by atoms with Crippen molar-refractivity contribution in [2.45, 2.75) is 0 Å². The third-order valence-corrected chi connectivity index (χ3v) is 2.61. The number of aromatic amines is 1. The lowest BCUT2D eigenvalue weighted by Gasteiger charge is -2.03. The number of H-pyrrole nitrogens is 1. The molecule has 0 aliphatic heterocycles. The number of hydrogen-bond acceptors (Lipinski definition) is 4. The molecule has 0 saturated heterocycles. The van der Waals surface area contributed by atoms with E-state index in [0.717, 1.165) is 0 Å². The fraction of sp³-hybridized carbons (Fsp3) is 0. The minimum atomic E-state index is -0.418. The molecule has 0 aromatic carbocycles. The lowest BCUT2D eigenvalue weighted by Crippen LogP contribution is -2.15. The summed E-state index contributed by atoms with van der Waals surface area (Å²) < 4.78 is 0.579.